The molecule has 1 amide bonds. The molecule has 1 aromatic heterocycles. The zero-order chi connectivity index (χ0) is 20.9. The molecule has 1 heterocycles. The highest BCUT2D eigenvalue weighted by Gasteiger charge is 2.17. The molecule has 0 bridgehead atoms. The van der Waals surface area contributed by atoms with Crippen molar-refractivity contribution in [3.63, 3.8) is 0 Å². The van der Waals surface area contributed by atoms with Crippen LogP contribution in [0.4, 0.5) is 0 Å². The van der Waals surface area contributed by atoms with Gasteiger partial charge in [0.15, 0.2) is 0 Å². The number of amides is 1. The van der Waals surface area contributed by atoms with Crippen molar-refractivity contribution in [1.82, 2.24) is 14.9 Å². The van der Waals surface area contributed by atoms with Crippen LogP contribution in [0.2, 0.25) is 0 Å². The number of hydrogen-bond donors (Lipinski definition) is 1. The van der Waals surface area contributed by atoms with Crippen molar-refractivity contribution in [3.8, 4) is 11.5 Å². The number of rotatable bonds is 6. The van der Waals surface area contributed by atoms with E-state index in [0.29, 0.717) is 40.3 Å². The molecule has 0 aliphatic rings. The van der Waals surface area contributed by atoms with Crippen LogP contribution in [0.3, 0.4) is 0 Å². The second-order valence-electron chi connectivity index (χ2n) is 6.79. The van der Waals surface area contributed by atoms with Gasteiger partial charge in [-0.05, 0) is 49.4 Å². The lowest BCUT2D eigenvalue weighted by molar-refractivity contribution is 0.0748. The summed E-state index contributed by atoms with van der Waals surface area (Å²) in [7, 11) is 0. The molecule has 0 fully saturated rings. The van der Waals surface area contributed by atoms with Crippen LogP contribution in [-0.4, -0.2) is 27.3 Å². The van der Waals surface area contributed by atoms with Crippen molar-refractivity contribution in [2.75, 3.05) is 6.54 Å². The number of carbonyl (C=O) groups excluding carboxylic acids is 1. The Balaban J connectivity index is 1.56. The molecule has 0 radical (unpaired) electrons. The van der Waals surface area contributed by atoms with Crippen LogP contribution < -0.4 is 10.3 Å². The van der Waals surface area contributed by atoms with Crippen LogP contribution >= 0.6 is 0 Å². The highest BCUT2D eigenvalue weighted by atomic mass is 16.5. The Kier molecular flexibility index (Phi) is 5.57. The Morgan fingerprint density at radius 3 is 2.50 bits per heavy atom. The standard InChI is InChI=1S/C24H21N3O3/c1-2-27(16-22-25-21-14-7-6-13-20(21)23(28)26-22)24(29)17-9-8-12-19(15-17)30-18-10-4-3-5-11-18/h3-15H,2,16H2,1H3,(H,25,26,28). The summed E-state index contributed by atoms with van der Waals surface area (Å²) in [6, 6.07) is 23.6. The minimum atomic E-state index is -0.211. The number of hydrogen-bond acceptors (Lipinski definition) is 4. The molecule has 0 spiro atoms. The van der Waals surface area contributed by atoms with Crippen molar-refractivity contribution in [2.24, 2.45) is 0 Å². The smallest absolute Gasteiger partial charge is 0.258 e. The van der Waals surface area contributed by atoms with Gasteiger partial charge in [-0.15, -0.1) is 0 Å². The topological polar surface area (TPSA) is 75.3 Å². The average molecular weight is 399 g/mol. The first kappa shape index (κ1) is 19.4. The summed E-state index contributed by atoms with van der Waals surface area (Å²) in [5.74, 6) is 1.57. The van der Waals surface area contributed by atoms with Crippen molar-refractivity contribution in [3.05, 3.63) is 101 Å². The van der Waals surface area contributed by atoms with E-state index in [2.05, 4.69) is 9.97 Å². The van der Waals surface area contributed by atoms with Crippen LogP contribution in [0, 0.1) is 0 Å². The number of nitrogens with zero attached hydrogens (tertiary/aromatic N) is 2. The summed E-state index contributed by atoms with van der Waals surface area (Å²) >= 11 is 0. The second-order valence-corrected chi connectivity index (χ2v) is 6.79. The van der Waals surface area contributed by atoms with Gasteiger partial charge in [0.1, 0.15) is 17.3 Å². The number of H-pyrrole nitrogens is 1. The Labute approximate surface area is 173 Å². The van der Waals surface area contributed by atoms with Crippen molar-refractivity contribution >= 4 is 16.8 Å². The zero-order valence-corrected chi connectivity index (χ0v) is 16.5. The van der Waals surface area contributed by atoms with E-state index in [1.807, 2.05) is 49.4 Å². The molecule has 0 atom stereocenters. The maximum Gasteiger partial charge on any atom is 0.258 e. The van der Waals surface area contributed by atoms with E-state index in [1.54, 1.807) is 41.3 Å². The molecule has 4 aromatic rings. The van der Waals surface area contributed by atoms with Crippen molar-refractivity contribution in [1.29, 1.82) is 0 Å². The van der Waals surface area contributed by atoms with Gasteiger partial charge >= 0.3 is 0 Å². The zero-order valence-electron chi connectivity index (χ0n) is 16.5. The third kappa shape index (κ3) is 4.22. The monoisotopic (exact) mass is 399 g/mol. The highest BCUT2D eigenvalue weighted by molar-refractivity contribution is 5.94. The van der Waals surface area contributed by atoms with Crippen LogP contribution in [-0.2, 0) is 6.54 Å². The number of benzene rings is 3. The van der Waals surface area contributed by atoms with Gasteiger partial charge < -0.3 is 14.6 Å². The minimum Gasteiger partial charge on any atom is -0.457 e. The molecule has 0 unspecified atom stereocenters. The fourth-order valence-electron chi connectivity index (χ4n) is 3.22. The summed E-state index contributed by atoms with van der Waals surface area (Å²) in [4.78, 5) is 34.3. The summed E-state index contributed by atoms with van der Waals surface area (Å²) < 4.78 is 5.83. The fourth-order valence-corrected chi connectivity index (χ4v) is 3.22. The van der Waals surface area contributed by atoms with Gasteiger partial charge in [-0.25, -0.2) is 4.98 Å². The van der Waals surface area contributed by atoms with Gasteiger partial charge in [-0.3, -0.25) is 9.59 Å². The molecular weight excluding hydrogens is 378 g/mol. The highest BCUT2D eigenvalue weighted by Crippen LogP contribution is 2.22. The van der Waals surface area contributed by atoms with Gasteiger partial charge in [0.05, 0.1) is 17.4 Å². The molecule has 6 heteroatoms. The van der Waals surface area contributed by atoms with E-state index in [4.69, 9.17) is 4.74 Å². The van der Waals surface area contributed by atoms with E-state index < -0.39 is 0 Å². The number of carbonyl (C=O) groups is 1. The van der Waals surface area contributed by atoms with Gasteiger partial charge in [0.25, 0.3) is 11.5 Å². The first-order valence-electron chi connectivity index (χ1n) is 9.74. The van der Waals surface area contributed by atoms with Crippen molar-refractivity contribution in [2.45, 2.75) is 13.5 Å². The predicted octanol–water partition coefficient (Wildman–Crippen LogP) is 4.38. The lowest BCUT2D eigenvalue weighted by Gasteiger charge is -2.21. The summed E-state index contributed by atoms with van der Waals surface area (Å²) in [5.41, 5.74) is 0.906. The van der Waals surface area contributed by atoms with E-state index in [9.17, 15) is 9.59 Å². The lowest BCUT2D eigenvalue weighted by atomic mass is 10.2. The maximum atomic E-state index is 13.1. The third-order valence-corrected chi connectivity index (χ3v) is 4.73. The normalized spacial score (nSPS) is 10.7. The van der Waals surface area contributed by atoms with Crippen LogP contribution in [0.5, 0.6) is 11.5 Å². The van der Waals surface area contributed by atoms with Crippen LogP contribution in [0.25, 0.3) is 10.9 Å². The molecule has 0 aliphatic heterocycles. The third-order valence-electron chi connectivity index (χ3n) is 4.73. The van der Waals surface area contributed by atoms with Gasteiger partial charge in [0.2, 0.25) is 0 Å². The van der Waals surface area contributed by atoms with E-state index in [-0.39, 0.29) is 18.0 Å². The van der Waals surface area contributed by atoms with Gasteiger partial charge in [-0.2, -0.15) is 0 Å². The molecule has 6 nitrogen and oxygen atoms in total. The van der Waals surface area contributed by atoms with Crippen LogP contribution in [0.15, 0.2) is 83.7 Å². The number of fused-ring (bicyclic) bond motifs is 1. The maximum absolute atomic E-state index is 13.1. The SMILES string of the molecule is CCN(Cc1nc2ccccc2c(=O)[nH]1)C(=O)c1cccc(Oc2ccccc2)c1. The average Bonchev–Trinajstić information content (AvgIpc) is 2.78. The summed E-state index contributed by atoms with van der Waals surface area (Å²) in [6.45, 7) is 2.57. The number of aromatic nitrogens is 2. The van der Waals surface area contributed by atoms with E-state index in [0.717, 1.165) is 0 Å². The lowest BCUT2D eigenvalue weighted by Crippen LogP contribution is -2.32. The molecule has 0 aliphatic carbocycles. The van der Waals surface area contributed by atoms with Gasteiger partial charge in [-0.1, -0.05) is 36.4 Å². The molecule has 30 heavy (non-hydrogen) atoms. The number of aromatic amines is 1. The second kappa shape index (κ2) is 8.61. The molecular formula is C24H21N3O3. The number of ether oxygens (including phenoxy) is 1. The summed E-state index contributed by atoms with van der Waals surface area (Å²) in [6.07, 6.45) is 0. The minimum absolute atomic E-state index is 0.160. The molecule has 0 saturated carbocycles. The van der Waals surface area contributed by atoms with Gasteiger partial charge in [0, 0.05) is 12.1 Å². The number of nitrogens with one attached hydrogen (secondary N) is 1. The molecule has 150 valence electrons. The van der Waals surface area contributed by atoms with Crippen molar-refractivity contribution < 1.29 is 9.53 Å². The number of para-hydroxylation sites is 2. The van der Waals surface area contributed by atoms with E-state index >= 15 is 0 Å². The Morgan fingerprint density at radius 1 is 0.967 bits per heavy atom. The summed E-state index contributed by atoms with van der Waals surface area (Å²) in [5, 5.41) is 0.529. The predicted molar refractivity (Wildman–Crippen MR) is 116 cm³/mol. The Bertz CT molecular complexity index is 1240. The van der Waals surface area contributed by atoms with Crippen LogP contribution in [0.1, 0.15) is 23.1 Å². The Morgan fingerprint density at radius 2 is 1.70 bits per heavy atom. The quantitative estimate of drug-likeness (QED) is 0.522. The molecule has 3 aromatic carbocycles. The largest absolute Gasteiger partial charge is 0.457 e. The molecule has 4 rings (SSSR count). The first-order valence-corrected chi connectivity index (χ1v) is 9.74. The molecule has 0 saturated heterocycles. The first-order chi connectivity index (χ1) is 14.6. The molecule has 1 N–H and O–H groups in total. The van der Waals surface area contributed by atoms with E-state index in [1.165, 1.54) is 0 Å². The fraction of sp³-hybridized carbons (Fsp3) is 0.125. The Hall–Kier alpha value is -3.93.